The van der Waals surface area contributed by atoms with E-state index in [1.165, 1.54) is 12.1 Å². The molecule has 0 unspecified atom stereocenters. The molecule has 0 fully saturated rings. The van der Waals surface area contributed by atoms with Crippen molar-refractivity contribution in [3.05, 3.63) is 54.6 Å². The summed E-state index contributed by atoms with van der Waals surface area (Å²) in [6, 6.07) is 16.4. The van der Waals surface area contributed by atoms with Gasteiger partial charge in [-0.2, -0.15) is 8.42 Å². The third-order valence-corrected chi connectivity index (χ3v) is 3.82. The minimum absolute atomic E-state index is 0. The second-order valence-corrected chi connectivity index (χ2v) is 5.60. The van der Waals surface area contributed by atoms with Gasteiger partial charge in [0.05, 0.1) is 4.90 Å². The van der Waals surface area contributed by atoms with Crippen LogP contribution >= 0.6 is 0 Å². The van der Waals surface area contributed by atoms with Crippen molar-refractivity contribution in [3.63, 3.8) is 0 Å². The second kappa shape index (κ2) is 4.99. The zero-order chi connectivity index (χ0) is 12.8. The van der Waals surface area contributed by atoms with Crippen molar-refractivity contribution in [2.75, 3.05) is 0 Å². The first kappa shape index (κ1) is 14.1. The van der Waals surface area contributed by atoms with Crippen LogP contribution in [0.1, 0.15) is 0 Å². The van der Waals surface area contributed by atoms with Crippen molar-refractivity contribution in [2.24, 2.45) is 0 Å². The van der Waals surface area contributed by atoms with Crippen molar-refractivity contribution in [2.45, 2.75) is 4.90 Å². The zero-order valence-corrected chi connectivity index (χ0v) is 10.2. The van der Waals surface area contributed by atoms with Gasteiger partial charge in [0.1, 0.15) is 0 Å². The number of rotatable bonds is 1. The molecule has 0 saturated heterocycles. The Bertz CT molecular complexity index is 857. The van der Waals surface area contributed by atoms with E-state index in [0.29, 0.717) is 0 Å². The first-order chi connectivity index (χ1) is 8.54. The molecule has 0 heterocycles. The summed E-state index contributed by atoms with van der Waals surface area (Å²) in [7, 11) is -4.15. The number of fused-ring (bicyclic) bond motifs is 2. The topological polar surface area (TPSA) is 54.4 Å². The molecule has 3 rings (SSSR count). The van der Waals surface area contributed by atoms with E-state index in [9.17, 15) is 8.42 Å². The first-order valence-corrected chi connectivity index (χ1v) is 6.88. The predicted octanol–water partition coefficient (Wildman–Crippen LogP) is 2.59. The molecule has 0 radical (unpaired) electrons. The number of benzene rings is 3. The van der Waals surface area contributed by atoms with Crippen LogP contribution in [0, 0.1) is 0 Å². The molecule has 0 aliphatic heterocycles. The van der Waals surface area contributed by atoms with E-state index in [0.717, 1.165) is 21.5 Å². The van der Waals surface area contributed by atoms with Crippen molar-refractivity contribution in [1.82, 2.24) is 0 Å². The van der Waals surface area contributed by atoms with Gasteiger partial charge in [0, 0.05) is 0 Å². The van der Waals surface area contributed by atoms with E-state index in [1.807, 2.05) is 36.4 Å². The molecule has 19 heavy (non-hydrogen) atoms. The normalized spacial score (nSPS) is 11.4. The van der Waals surface area contributed by atoms with Gasteiger partial charge in [0.25, 0.3) is 10.1 Å². The molecule has 3 aromatic carbocycles. The second-order valence-electron chi connectivity index (χ2n) is 4.18. The molecule has 0 spiro atoms. The van der Waals surface area contributed by atoms with Crippen LogP contribution < -0.4 is 0 Å². The van der Waals surface area contributed by atoms with E-state index in [-0.39, 0.29) is 23.8 Å². The molecule has 0 saturated carbocycles. The van der Waals surface area contributed by atoms with E-state index in [2.05, 4.69) is 0 Å². The molecule has 0 aromatic heterocycles. The molecule has 5 heteroatoms. The zero-order valence-electron chi connectivity index (χ0n) is 9.37. The van der Waals surface area contributed by atoms with Crippen molar-refractivity contribution in [3.8, 4) is 0 Å². The Morgan fingerprint density at radius 1 is 0.737 bits per heavy atom. The number of hydrogen-bond donors (Lipinski definition) is 1. The number of hydrogen-bond acceptors (Lipinski definition) is 2. The molecule has 0 bridgehead atoms. The van der Waals surface area contributed by atoms with E-state index in [4.69, 9.17) is 4.55 Å². The van der Waals surface area contributed by atoms with Crippen LogP contribution in [0.4, 0.5) is 0 Å². The van der Waals surface area contributed by atoms with Crippen LogP contribution in [0.25, 0.3) is 21.5 Å². The molecular formula is C14H11LiO3S. The maximum absolute atomic E-state index is 11.1. The third-order valence-electron chi connectivity index (χ3n) is 2.97. The van der Waals surface area contributed by atoms with Gasteiger partial charge >= 0.3 is 18.9 Å². The van der Waals surface area contributed by atoms with Crippen molar-refractivity contribution in [1.29, 1.82) is 0 Å². The molecular weight excluding hydrogens is 255 g/mol. The SMILES string of the molecule is O=S(=O)(O)c1ccc2cc3ccccc3cc2c1.[LiH]. The molecule has 92 valence electrons. The summed E-state index contributed by atoms with van der Waals surface area (Å²) in [4.78, 5) is -0.0784. The van der Waals surface area contributed by atoms with Gasteiger partial charge in [0.15, 0.2) is 0 Å². The van der Waals surface area contributed by atoms with Gasteiger partial charge in [-0.3, -0.25) is 4.55 Å². The summed E-state index contributed by atoms with van der Waals surface area (Å²) in [6.45, 7) is 0. The van der Waals surface area contributed by atoms with Crippen molar-refractivity contribution < 1.29 is 13.0 Å². The molecule has 0 atom stereocenters. The van der Waals surface area contributed by atoms with E-state index < -0.39 is 10.1 Å². The Labute approximate surface area is 123 Å². The Morgan fingerprint density at radius 3 is 1.84 bits per heavy atom. The maximum atomic E-state index is 11.1. The Hall–Kier alpha value is -1.31. The minimum atomic E-state index is -4.15. The average Bonchev–Trinajstić information content (AvgIpc) is 2.34. The molecule has 0 aliphatic carbocycles. The Kier molecular flexibility index (Phi) is 3.70. The van der Waals surface area contributed by atoms with Crippen LogP contribution in [-0.2, 0) is 10.1 Å². The fourth-order valence-corrected chi connectivity index (χ4v) is 2.59. The van der Waals surface area contributed by atoms with Crippen LogP contribution in [0.3, 0.4) is 0 Å². The fourth-order valence-electron chi connectivity index (χ4n) is 2.08. The molecule has 3 nitrogen and oxygen atoms in total. The van der Waals surface area contributed by atoms with Gasteiger partial charge in [-0.1, -0.05) is 30.3 Å². The van der Waals surface area contributed by atoms with Crippen LogP contribution in [0.5, 0.6) is 0 Å². The van der Waals surface area contributed by atoms with Crippen LogP contribution in [-0.4, -0.2) is 31.8 Å². The molecule has 0 aliphatic rings. The summed E-state index contributed by atoms with van der Waals surface area (Å²) in [5.74, 6) is 0. The molecule has 0 amide bonds. The van der Waals surface area contributed by atoms with Gasteiger partial charge in [-0.25, -0.2) is 0 Å². The monoisotopic (exact) mass is 266 g/mol. The standard InChI is InChI=1S/C14H10O3S.Li.H/c15-18(16,17)14-6-5-12-7-10-3-1-2-4-11(10)8-13(12)9-14;;/h1-9H,(H,15,16,17);;. The first-order valence-electron chi connectivity index (χ1n) is 5.44. The summed E-state index contributed by atoms with van der Waals surface area (Å²) in [5, 5.41) is 3.88. The summed E-state index contributed by atoms with van der Waals surface area (Å²) in [5.41, 5.74) is 0. The van der Waals surface area contributed by atoms with Crippen LogP contribution in [0.2, 0.25) is 0 Å². The van der Waals surface area contributed by atoms with Crippen molar-refractivity contribution >= 4 is 50.5 Å². The van der Waals surface area contributed by atoms with E-state index >= 15 is 0 Å². The van der Waals surface area contributed by atoms with E-state index in [1.54, 1.807) is 6.07 Å². The van der Waals surface area contributed by atoms with Crippen LogP contribution in [0.15, 0.2) is 59.5 Å². The quantitative estimate of drug-likeness (QED) is 0.418. The Balaban J connectivity index is 0.00000133. The summed E-state index contributed by atoms with van der Waals surface area (Å²) in [6.07, 6.45) is 0. The van der Waals surface area contributed by atoms with Gasteiger partial charge in [-0.15, -0.1) is 0 Å². The summed E-state index contributed by atoms with van der Waals surface area (Å²) < 4.78 is 31.2. The third kappa shape index (κ3) is 2.67. The van der Waals surface area contributed by atoms with Gasteiger partial charge in [-0.05, 0) is 45.8 Å². The Morgan fingerprint density at radius 2 is 1.26 bits per heavy atom. The predicted molar refractivity (Wildman–Crippen MR) is 78.4 cm³/mol. The van der Waals surface area contributed by atoms with Gasteiger partial charge in [0.2, 0.25) is 0 Å². The molecule has 3 aromatic rings. The molecule has 1 N–H and O–H groups in total. The average molecular weight is 266 g/mol. The summed E-state index contributed by atoms with van der Waals surface area (Å²) >= 11 is 0. The fraction of sp³-hybridized carbons (Fsp3) is 0. The van der Waals surface area contributed by atoms with Gasteiger partial charge < -0.3 is 0 Å².